The molecule has 1 aliphatic carbocycles. The van der Waals surface area contributed by atoms with Gasteiger partial charge < -0.3 is 9.30 Å². The number of nitrogens with one attached hydrogen (secondary N) is 1. The van der Waals surface area contributed by atoms with E-state index in [0.29, 0.717) is 11.8 Å². The molecule has 1 saturated carbocycles. The van der Waals surface area contributed by atoms with Gasteiger partial charge in [-0.2, -0.15) is 5.10 Å². The molecule has 1 aromatic carbocycles. The average molecular weight is 357 g/mol. The molecule has 2 aromatic rings. The van der Waals surface area contributed by atoms with E-state index in [1.807, 2.05) is 30.3 Å². The number of hydrogen-bond acceptors (Lipinski definition) is 4. The molecule has 1 fully saturated rings. The fraction of sp³-hybridized carbons (Fsp3) is 0.368. The summed E-state index contributed by atoms with van der Waals surface area (Å²) in [5, 5.41) is 4.05. The maximum Gasteiger partial charge on any atom is 0.250 e. The fourth-order valence-corrected chi connectivity index (χ4v) is 3.66. The molecule has 0 unspecified atom stereocenters. The Balaban J connectivity index is 1.42. The zero-order valence-electron chi connectivity index (χ0n) is 14.4. The first kappa shape index (κ1) is 17.6. The lowest BCUT2D eigenvalue weighted by atomic mass is 10.2. The molecule has 0 spiro atoms. The third-order valence-corrected chi connectivity index (χ3v) is 5.33. The number of amides is 1. The molecule has 0 bridgehead atoms. The van der Waals surface area contributed by atoms with Crippen LogP contribution in [-0.4, -0.2) is 29.6 Å². The van der Waals surface area contributed by atoms with Crippen LogP contribution in [0, 0.1) is 0 Å². The van der Waals surface area contributed by atoms with Gasteiger partial charge in [-0.05, 0) is 43.2 Å². The van der Waals surface area contributed by atoms with Gasteiger partial charge in [0.15, 0.2) is 0 Å². The summed E-state index contributed by atoms with van der Waals surface area (Å²) in [5.41, 5.74) is 3.59. The Kier molecular flexibility index (Phi) is 6.17. The lowest BCUT2D eigenvalue weighted by Gasteiger charge is -2.10. The number of ether oxygens (including phenoxy) is 1. The van der Waals surface area contributed by atoms with Crippen molar-refractivity contribution in [2.45, 2.75) is 36.6 Å². The zero-order valence-corrected chi connectivity index (χ0v) is 15.2. The molecule has 0 aliphatic heterocycles. The number of hydrogen-bond donors (Lipinski definition) is 1. The predicted octanol–water partition coefficient (Wildman–Crippen LogP) is 3.85. The van der Waals surface area contributed by atoms with E-state index in [9.17, 15) is 4.79 Å². The molecule has 0 atom stereocenters. The van der Waals surface area contributed by atoms with Crippen molar-refractivity contribution in [2.24, 2.45) is 5.10 Å². The number of methoxy groups -OCH3 is 1. The third-order valence-electron chi connectivity index (χ3n) is 4.32. The van der Waals surface area contributed by atoms with Crippen LogP contribution in [0.5, 0.6) is 5.75 Å². The van der Waals surface area contributed by atoms with E-state index in [-0.39, 0.29) is 5.91 Å². The van der Waals surface area contributed by atoms with Crippen LogP contribution in [0.3, 0.4) is 0 Å². The molecule has 1 aliphatic rings. The summed E-state index contributed by atoms with van der Waals surface area (Å²) in [6, 6.07) is 10.3. The molecule has 0 radical (unpaired) electrons. The number of hydrazone groups is 1. The first-order chi connectivity index (χ1) is 12.2. The zero-order chi connectivity index (χ0) is 17.5. The van der Waals surface area contributed by atoms with E-state index in [1.54, 1.807) is 13.3 Å². The van der Waals surface area contributed by atoms with Crippen molar-refractivity contribution in [1.29, 1.82) is 0 Å². The predicted molar refractivity (Wildman–Crippen MR) is 101 cm³/mol. The van der Waals surface area contributed by atoms with Gasteiger partial charge in [0.05, 0.1) is 19.1 Å². The largest absolute Gasteiger partial charge is 0.497 e. The topological polar surface area (TPSA) is 55.6 Å². The first-order valence-corrected chi connectivity index (χ1v) is 9.49. The Morgan fingerprint density at radius 3 is 2.80 bits per heavy atom. The average Bonchev–Trinajstić information content (AvgIpc) is 3.32. The Hall–Kier alpha value is -2.21. The summed E-state index contributed by atoms with van der Waals surface area (Å²) >= 11 is 1.47. The molecule has 3 rings (SSSR count). The normalized spacial score (nSPS) is 14.9. The summed E-state index contributed by atoms with van der Waals surface area (Å²) in [5.74, 6) is 1.02. The minimum Gasteiger partial charge on any atom is -0.497 e. The van der Waals surface area contributed by atoms with Crippen molar-refractivity contribution in [3.63, 3.8) is 0 Å². The Labute approximate surface area is 152 Å². The molecule has 1 amide bonds. The second-order valence-electron chi connectivity index (χ2n) is 6.09. The number of thioether (sulfide) groups is 1. The second-order valence-corrected chi connectivity index (χ2v) is 7.14. The van der Waals surface area contributed by atoms with Crippen LogP contribution in [0.4, 0.5) is 0 Å². The third kappa shape index (κ3) is 5.13. The molecule has 1 aromatic heterocycles. The lowest BCUT2D eigenvalue weighted by Crippen LogP contribution is -2.19. The summed E-state index contributed by atoms with van der Waals surface area (Å²) in [6.07, 6.45) is 11.0. The van der Waals surface area contributed by atoms with Crippen molar-refractivity contribution < 1.29 is 9.53 Å². The van der Waals surface area contributed by atoms with Gasteiger partial charge in [0.2, 0.25) is 5.91 Å². The van der Waals surface area contributed by atoms with Gasteiger partial charge in [0.1, 0.15) is 5.75 Å². The van der Waals surface area contributed by atoms with Crippen molar-refractivity contribution in [3.8, 4) is 5.75 Å². The Morgan fingerprint density at radius 1 is 1.32 bits per heavy atom. The quantitative estimate of drug-likeness (QED) is 0.465. The molecule has 1 heterocycles. The standard InChI is InChI=1S/C19H23N3O2S/c1-24-17-6-8-18(9-7-17)25-14-19(23)21-20-12-15-10-11-22(13-15)16-4-2-3-5-16/h6-13,16H,2-5,14H2,1H3,(H,21,23)/b20-12+. The van der Waals surface area contributed by atoms with Crippen LogP contribution >= 0.6 is 11.8 Å². The summed E-state index contributed by atoms with van der Waals surface area (Å²) in [7, 11) is 1.63. The highest BCUT2D eigenvalue weighted by Crippen LogP contribution is 2.29. The number of benzene rings is 1. The van der Waals surface area contributed by atoms with Crippen molar-refractivity contribution in [2.75, 3.05) is 12.9 Å². The van der Waals surface area contributed by atoms with E-state index >= 15 is 0 Å². The highest BCUT2D eigenvalue weighted by molar-refractivity contribution is 8.00. The molecule has 25 heavy (non-hydrogen) atoms. The Bertz CT molecular complexity index is 719. The molecular weight excluding hydrogens is 334 g/mol. The molecule has 1 N–H and O–H groups in total. The van der Waals surface area contributed by atoms with Gasteiger partial charge in [0, 0.05) is 28.9 Å². The number of nitrogens with zero attached hydrogens (tertiary/aromatic N) is 2. The highest BCUT2D eigenvalue weighted by atomic mass is 32.2. The maximum atomic E-state index is 11.9. The van der Waals surface area contributed by atoms with Crippen molar-refractivity contribution in [1.82, 2.24) is 9.99 Å². The molecule has 132 valence electrons. The van der Waals surface area contributed by atoms with E-state index in [4.69, 9.17) is 4.74 Å². The van der Waals surface area contributed by atoms with Crippen LogP contribution in [0.25, 0.3) is 0 Å². The minimum absolute atomic E-state index is 0.118. The van der Waals surface area contributed by atoms with Gasteiger partial charge in [-0.15, -0.1) is 11.8 Å². The van der Waals surface area contributed by atoms with Gasteiger partial charge in [0.25, 0.3) is 0 Å². The summed E-state index contributed by atoms with van der Waals surface area (Å²) in [4.78, 5) is 12.9. The molecule has 5 nitrogen and oxygen atoms in total. The summed E-state index contributed by atoms with van der Waals surface area (Å²) < 4.78 is 7.37. The SMILES string of the molecule is COc1ccc(SCC(=O)N/N=C/c2ccn(C3CCCC3)c2)cc1. The maximum absolute atomic E-state index is 11.9. The molecule has 0 saturated heterocycles. The van der Waals surface area contributed by atoms with E-state index in [2.05, 4.69) is 27.5 Å². The molecular formula is C19H23N3O2S. The first-order valence-electron chi connectivity index (χ1n) is 8.51. The fourth-order valence-electron chi connectivity index (χ4n) is 2.97. The van der Waals surface area contributed by atoms with Crippen LogP contribution in [0.15, 0.2) is 52.7 Å². The highest BCUT2D eigenvalue weighted by Gasteiger charge is 2.15. The van der Waals surface area contributed by atoms with Crippen LogP contribution in [-0.2, 0) is 4.79 Å². The number of carbonyl (C=O) groups excluding carboxylic acids is 1. The van der Waals surface area contributed by atoms with Crippen molar-refractivity contribution >= 4 is 23.9 Å². The van der Waals surface area contributed by atoms with Crippen LogP contribution in [0.2, 0.25) is 0 Å². The van der Waals surface area contributed by atoms with Gasteiger partial charge in [-0.1, -0.05) is 12.8 Å². The monoisotopic (exact) mass is 357 g/mol. The molecule has 6 heteroatoms. The van der Waals surface area contributed by atoms with Gasteiger partial charge >= 0.3 is 0 Å². The van der Waals surface area contributed by atoms with Gasteiger partial charge in [-0.3, -0.25) is 4.79 Å². The van der Waals surface area contributed by atoms with Crippen LogP contribution < -0.4 is 10.2 Å². The summed E-state index contributed by atoms with van der Waals surface area (Å²) in [6.45, 7) is 0. The number of aromatic nitrogens is 1. The van der Waals surface area contributed by atoms with Gasteiger partial charge in [-0.25, -0.2) is 5.43 Å². The van der Waals surface area contributed by atoms with Crippen molar-refractivity contribution in [3.05, 3.63) is 48.3 Å². The van der Waals surface area contributed by atoms with E-state index in [0.717, 1.165) is 16.2 Å². The number of rotatable bonds is 7. The smallest absolute Gasteiger partial charge is 0.250 e. The second kappa shape index (κ2) is 8.76. The van der Waals surface area contributed by atoms with E-state index < -0.39 is 0 Å². The van der Waals surface area contributed by atoms with E-state index in [1.165, 1.54) is 37.4 Å². The van der Waals surface area contributed by atoms with Crippen LogP contribution in [0.1, 0.15) is 37.3 Å². The minimum atomic E-state index is -0.118. The Morgan fingerprint density at radius 2 is 2.08 bits per heavy atom. The lowest BCUT2D eigenvalue weighted by molar-refractivity contribution is -0.118. The number of carbonyl (C=O) groups is 1.